The number of ether oxygens (including phenoxy) is 1. The molecule has 2 heterocycles. The number of nitrogens with zero attached hydrogens (tertiary/aromatic N) is 3. The summed E-state index contributed by atoms with van der Waals surface area (Å²) in [5.74, 6) is -1.40. The third-order valence-electron chi connectivity index (χ3n) is 5.42. The first kappa shape index (κ1) is 20.0. The molecule has 0 saturated carbocycles. The Kier molecular flexibility index (Phi) is 5.51. The average Bonchev–Trinajstić information content (AvgIpc) is 3.21. The van der Waals surface area contributed by atoms with Crippen LogP contribution in [0.5, 0.6) is 0 Å². The number of carboxylic acid groups (broad SMARTS) is 1. The van der Waals surface area contributed by atoms with Crippen LogP contribution >= 0.6 is 0 Å². The number of aliphatic carboxylic acids is 1. The summed E-state index contributed by atoms with van der Waals surface area (Å²) >= 11 is 0. The zero-order valence-corrected chi connectivity index (χ0v) is 16.2. The molecule has 1 fully saturated rings. The minimum Gasteiger partial charge on any atom is -0.481 e. The second kappa shape index (κ2) is 7.71. The zero-order chi connectivity index (χ0) is 20.5. The number of likely N-dealkylation sites (tertiary alicyclic amines) is 1. The summed E-state index contributed by atoms with van der Waals surface area (Å²) in [6, 6.07) is 5.99. The Morgan fingerprint density at radius 2 is 1.96 bits per heavy atom. The summed E-state index contributed by atoms with van der Waals surface area (Å²) in [5.41, 5.74) is 1.99. The summed E-state index contributed by atoms with van der Waals surface area (Å²) in [5, 5.41) is 14.0. The number of halogens is 1. The molecule has 1 aliphatic rings. The highest BCUT2D eigenvalue weighted by atomic mass is 19.1. The molecule has 1 unspecified atom stereocenters. The lowest BCUT2D eigenvalue weighted by Crippen LogP contribution is -2.40. The molecular formula is C20H24FN3O4. The van der Waals surface area contributed by atoms with Crippen molar-refractivity contribution < 1.29 is 23.8 Å². The average molecular weight is 389 g/mol. The minimum atomic E-state index is -1.05. The number of carboxylic acids is 1. The van der Waals surface area contributed by atoms with Crippen LogP contribution in [0.1, 0.15) is 23.4 Å². The third-order valence-corrected chi connectivity index (χ3v) is 5.42. The van der Waals surface area contributed by atoms with Crippen molar-refractivity contribution in [2.45, 2.75) is 26.7 Å². The lowest BCUT2D eigenvalue weighted by molar-refractivity contribution is -0.151. The normalized spacial score (nSPS) is 19.2. The molecule has 1 aromatic carbocycles. The molecule has 1 aliphatic heterocycles. The standard InChI is InChI=1S/C20H24FN3O4/c1-13-17(14(2)24(22-13)16-6-4-15(21)5-7-16)10-18(25)23-9-8-20(11-23,12-28-3)19(26)27/h4-7H,8-12H2,1-3H3,(H,26,27). The molecule has 1 aromatic heterocycles. The van der Waals surface area contributed by atoms with E-state index in [0.717, 1.165) is 17.0 Å². The van der Waals surface area contributed by atoms with Gasteiger partial charge in [0.1, 0.15) is 11.2 Å². The number of carbonyl (C=O) groups is 2. The van der Waals surface area contributed by atoms with Crippen LogP contribution in [-0.4, -0.2) is 58.5 Å². The van der Waals surface area contributed by atoms with E-state index in [9.17, 15) is 19.1 Å². The molecule has 2 aromatic rings. The first-order valence-corrected chi connectivity index (χ1v) is 9.08. The summed E-state index contributed by atoms with van der Waals surface area (Å²) in [6.45, 7) is 4.29. The lowest BCUT2D eigenvalue weighted by Gasteiger charge is -2.23. The van der Waals surface area contributed by atoms with Crippen molar-refractivity contribution in [3.63, 3.8) is 0 Å². The van der Waals surface area contributed by atoms with E-state index in [0.29, 0.717) is 18.7 Å². The van der Waals surface area contributed by atoms with Gasteiger partial charge in [0, 0.05) is 31.5 Å². The molecule has 3 rings (SSSR count). The van der Waals surface area contributed by atoms with E-state index < -0.39 is 11.4 Å². The van der Waals surface area contributed by atoms with Crippen molar-refractivity contribution in [2.24, 2.45) is 5.41 Å². The van der Waals surface area contributed by atoms with E-state index in [4.69, 9.17) is 4.74 Å². The van der Waals surface area contributed by atoms with Gasteiger partial charge in [-0.1, -0.05) is 0 Å². The van der Waals surface area contributed by atoms with Crippen molar-refractivity contribution in [1.82, 2.24) is 14.7 Å². The van der Waals surface area contributed by atoms with Crippen LogP contribution in [0.3, 0.4) is 0 Å². The minimum absolute atomic E-state index is 0.0761. The number of rotatable bonds is 6. The Bertz CT molecular complexity index is 894. The van der Waals surface area contributed by atoms with Crippen LogP contribution < -0.4 is 0 Å². The van der Waals surface area contributed by atoms with Gasteiger partial charge in [-0.3, -0.25) is 9.59 Å². The number of carbonyl (C=O) groups excluding carboxylic acids is 1. The number of methoxy groups -OCH3 is 1. The maximum atomic E-state index is 13.2. The summed E-state index contributed by atoms with van der Waals surface area (Å²) < 4.78 is 19.9. The van der Waals surface area contributed by atoms with E-state index in [2.05, 4.69) is 5.10 Å². The van der Waals surface area contributed by atoms with E-state index in [1.807, 2.05) is 13.8 Å². The van der Waals surface area contributed by atoms with E-state index in [-0.39, 0.29) is 31.3 Å². The van der Waals surface area contributed by atoms with Crippen molar-refractivity contribution >= 4 is 11.9 Å². The molecule has 0 spiro atoms. The second-order valence-corrected chi connectivity index (χ2v) is 7.30. The van der Waals surface area contributed by atoms with Crippen molar-refractivity contribution in [1.29, 1.82) is 0 Å². The molecule has 1 N–H and O–H groups in total. The van der Waals surface area contributed by atoms with Gasteiger partial charge >= 0.3 is 5.97 Å². The molecule has 0 bridgehead atoms. The fourth-order valence-corrected chi connectivity index (χ4v) is 3.74. The Balaban J connectivity index is 1.78. The quantitative estimate of drug-likeness (QED) is 0.818. The molecular weight excluding hydrogens is 365 g/mol. The molecule has 0 radical (unpaired) electrons. The van der Waals surface area contributed by atoms with E-state index in [1.54, 1.807) is 21.7 Å². The lowest BCUT2D eigenvalue weighted by atomic mass is 9.88. The van der Waals surface area contributed by atoms with Gasteiger partial charge in [-0.05, 0) is 44.5 Å². The number of hydrogen-bond donors (Lipinski definition) is 1. The Hall–Kier alpha value is -2.74. The van der Waals surface area contributed by atoms with Crippen molar-refractivity contribution in [3.05, 3.63) is 47.0 Å². The number of aryl methyl sites for hydroxylation is 1. The molecule has 150 valence electrons. The monoisotopic (exact) mass is 389 g/mol. The van der Waals surface area contributed by atoms with Crippen LogP contribution in [0.25, 0.3) is 5.69 Å². The summed E-state index contributed by atoms with van der Waals surface area (Å²) in [7, 11) is 1.46. The predicted molar refractivity (Wildman–Crippen MR) is 99.8 cm³/mol. The fraction of sp³-hybridized carbons (Fsp3) is 0.450. The van der Waals surface area contributed by atoms with Gasteiger partial charge in [0.25, 0.3) is 0 Å². The third kappa shape index (κ3) is 3.64. The number of aromatic nitrogens is 2. The number of hydrogen-bond acceptors (Lipinski definition) is 4. The highest BCUT2D eigenvalue weighted by molar-refractivity contribution is 5.82. The highest BCUT2D eigenvalue weighted by Crippen LogP contribution is 2.32. The largest absolute Gasteiger partial charge is 0.481 e. The van der Waals surface area contributed by atoms with E-state index >= 15 is 0 Å². The smallest absolute Gasteiger partial charge is 0.313 e. The van der Waals surface area contributed by atoms with Crippen molar-refractivity contribution in [3.8, 4) is 5.69 Å². The van der Waals surface area contributed by atoms with Crippen LogP contribution in [0, 0.1) is 25.1 Å². The molecule has 7 nitrogen and oxygen atoms in total. The van der Waals surface area contributed by atoms with Gasteiger partial charge in [-0.2, -0.15) is 5.10 Å². The zero-order valence-electron chi connectivity index (χ0n) is 16.2. The van der Waals surface area contributed by atoms with Gasteiger partial charge in [0.05, 0.1) is 24.4 Å². The van der Waals surface area contributed by atoms with Crippen LogP contribution in [0.2, 0.25) is 0 Å². The maximum absolute atomic E-state index is 13.2. The van der Waals surface area contributed by atoms with Crippen molar-refractivity contribution in [2.75, 3.05) is 26.8 Å². The van der Waals surface area contributed by atoms with Gasteiger partial charge in [0.2, 0.25) is 5.91 Å². The first-order chi connectivity index (χ1) is 13.3. The molecule has 0 aliphatic carbocycles. The van der Waals surface area contributed by atoms with Gasteiger partial charge in [-0.15, -0.1) is 0 Å². The number of amides is 1. The van der Waals surface area contributed by atoms with Crippen LogP contribution in [0.4, 0.5) is 4.39 Å². The van der Waals surface area contributed by atoms with Crippen LogP contribution in [-0.2, 0) is 20.7 Å². The molecule has 28 heavy (non-hydrogen) atoms. The van der Waals surface area contributed by atoms with Gasteiger partial charge in [-0.25, -0.2) is 9.07 Å². The number of benzene rings is 1. The maximum Gasteiger partial charge on any atom is 0.313 e. The Morgan fingerprint density at radius 3 is 2.57 bits per heavy atom. The molecule has 8 heteroatoms. The molecule has 1 saturated heterocycles. The molecule has 1 atom stereocenters. The SMILES string of the molecule is COCC1(C(=O)O)CCN(C(=O)Cc2c(C)nn(-c3ccc(F)cc3)c2C)C1. The topological polar surface area (TPSA) is 84.7 Å². The fourth-order valence-electron chi connectivity index (χ4n) is 3.74. The highest BCUT2D eigenvalue weighted by Gasteiger charge is 2.46. The predicted octanol–water partition coefficient (Wildman–Crippen LogP) is 2.12. The second-order valence-electron chi connectivity index (χ2n) is 7.30. The molecule has 1 amide bonds. The van der Waals surface area contributed by atoms with Gasteiger partial charge in [0.15, 0.2) is 0 Å². The Morgan fingerprint density at radius 1 is 1.29 bits per heavy atom. The van der Waals surface area contributed by atoms with E-state index in [1.165, 1.54) is 19.2 Å². The summed E-state index contributed by atoms with van der Waals surface area (Å²) in [6.07, 6.45) is 0.510. The summed E-state index contributed by atoms with van der Waals surface area (Å²) in [4.78, 5) is 26.1. The van der Waals surface area contributed by atoms with Gasteiger partial charge < -0.3 is 14.7 Å². The first-order valence-electron chi connectivity index (χ1n) is 9.08. The Labute approximate surface area is 162 Å². The van der Waals surface area contributed by atoms with Crippen LogP contribution in [0.15, 0.2) is 24.3 Å².